The first-order chi connectivity index (χ1) is 15.9. The Morgan fingerprint density at radius 2 is 2.06 bits per heavy atom. The number of benzene rings is 1. The number of amides is 1. The van der Waals surface area contributed by atoms with Gasteiger partial charge in [0.1, 0.15) is 11.4 Å². The molecule has 9 nitrogen and oxygen atoms in total. The number of hydrogen-bond donors (Lipinski definition) is 2. The maximum atomic E-state index is 13.1. The lowest BCUT2D eigenvalue weighted by Crippen LogP contribution is -2.45. The Bertz CT molecular complexity index is 1170. The van der Waals surface area contributed by atoms with Gasteiger partial charge in [-0.25, -0.2) is 8.42 Å². The molecule has 1 aliphatic heterocycles. The number of carbonyl (C=O) groups is 1. The van der Waals surface area contributed by atoms with Crippen LogP contribution in [0.2, 0.25) is 0 Å². The Hall–Kier alpha value is -3.11. The van der Waals surface area contributed by atoms with Crippen LogP contribution in [0.1, 0.15) is 38.3 Å². The predicted molar refractivity (Wildman–Crippen MR) is 122 cm³/mol. The zero-order valence-corrected chi connectivity index (χ0v) is 19.5. The second-order valence-electron chi connectivity index (χ2n) is 8.02. The van der Waals surface area contributed by atoms with Crippen LogP contribution in [-0.4, -0.2) is 48.5 Å². The molecule has 1 amide bonds. The standard InChI is InChI=1S/C23H28N4O5S/c1-3-31-19-8-6-17(7-9-19)16(2)25-23(28)18-5-4-14-27(15-18)33(29,30)22-11-10-21(32-22)20-12-13-24-26-20/h6-13,16,18H,3-5,14-15H2,1-2H3,(H,24,26)(H,25,28)/t16-,18-/m0/s1. The van der Waals surface area contributed by atoms with E-state index >= 15 is 0 Å². The molecule has 1 saturated heterocycles. The zero-order valence-electron chi connectivity index (χ0n) is 18.7. The third kappa shape index (κ3) is 5.12. The van der Waals surface area contributed by atoms with E-state index in [1.165, 1.54) is 10.4 Å². The van der Waals surface area contributed by atoms with Gasteiger partial charge in [-0.05, 0) is 62.6 Å². The number of piperidine rings is 1. The van der Waals surface area contributed by atoms with Crippen molar-refractivity contribution in [2.24, 2.45) is 5.92 Å². The minimum atomic E-state index is -3.85. The molecule has 1 aliphatic rings. The highest BCUT2D eigenvalue weighted by Gasteiger charge is 2.35. The largest absolute Gasteiger partial charge is 0.494 e. The Morgan fingerprint density at radius 3 is 2.76 bits per heavy atom. The number of rotatable bonds is 8. The molecule has 1 fully saturated rings. The summed E-state index contributed by atoms with van der Waals surface area (Å²) in [6.45, 7) is 4.89. The van der Waals surface area contributed by atoms with Crippen molar-refractivity contribution in [3.63, 3.8) is 0 Å². The van der Waals surface area contributed by atoms with Gasteiger partial charge in [-0.2, -0.15) is 9.40 Å². The van der Waals surface area contributed by atoms with Gasteiger partial charge in [-0.1, -0.05) is 12.1 Å². The molecule has 2 N–H and O–H groups in total. The monoisotopic (exact) mass is 472 g/mol. The molecule has 3 heterocycles. The topological polar surface area (TPSA) is 118 Å². The van der Waals surface area contributed by atoms with Crippen molar-refractivity contribution >= 4 is 15.9 Å². The smallest absolute Gasteiger partial charge is 0.276 e. The zero-order chi connectivity index (χ0) is 23.4. The highest BCUT2D eigenvalue weighted by Crippen LogP contribution is 2.28. The van der Waals surface area contributed by atoms with Crippen LogP contribution in [-0.2, 0) is 14.8 Å². The van der Waals surface area contributed by atoms with E-state index in [2.05, 4.69) is 15.5 Å². The first kappa shape index (κ1) is 23.1. The molecule has 0 saturated carbocycles. The van der Waals surface area contributed by atoms with Crippen LogP contribution >= 0.6 is 0 Å². The molecule has 1 aromatic carbocycles. The Labute approximate surface area is 193 Å². The first-order valence-electron chi connectivity index (χ1n) is 11.0. The van der Waals surface area contributed by atoms with Crippen LogP contribution in [0.3, 0.4) is 0 Å². The number of nitrogens with zero attached hydrogens (tertiary/aromatic N) is 2. The van der Waals surface area contributed by atoms with Gasteiger partial charge in [-0.15, -0.1) is 0 Å². The fraction of sp³-hybridized carbons (Fsp3) is 0.391. The molecule has 0 spiro atoms. The summed E-state index contributed by atoms with van der Waals surface area (Å²) in [7, 11) is -3.85. The number of hydrogen-bond acceptors (Lipinski definition) is 6. The summed E-state index contributed by atoms with van der Waals surface area (Å²) in [5.41, 5.74) is 1.55. The maximum absolute atomic E-state index is 13.1. The third-order valence-corrected chi connectivity index (χ3v) is 7.49. The van der Waals surface area contributed by atoms with E-state index in [4.69, 9.17) is 9.15 Å². The number of H-pyrrole nitrogens is 1. The highest BCUT2D eigenvalue weighted by molar-refractivity contribution is 7.89. The van der Waals surface area contributed by atoms with Crippen LogP contribution in [0.5, 0.6) is 5.75 Å². The molecule has 10 heteroatoms. The Morgan fingerprint density at radius 1 is 1.27 bits per heavy atom. The Kier molecular flexibility index (Phi) is 6.85. The van der Waals surface area contributed by atoms with Crippen molar-refractivity contribution in [2.75, 3.05) is 19.7 Å². The number of nitrogens with one attached hydrogen (secondary N) is 2. The van der Waals surface area contributed by atoms with E-state index in [1.807, 2.05) is 38.1 Å². The van der Waals surface area contributed by atoms with E-state index in [0.717, 1.165) is 11.3 Å². The van der Waals surface area contributed by atoms with Gasteiger partial charge in [0, 0.05) is 19.3 Å². The van der Waals surface area contributed by atoms with E-state index in [-0.39, 0.29) is 23.6 Å². The minimum absolute atomic E-state index is 0.115. The predicted octanol–water partition coefficient (Wildman–Crippen LogP) is 3.35. The van der Waals surface area contributed by atoms with Crippen molar-refractivity contribution < 1.29 is 22.4 Å². The lowest BCUT2D eigenvalue weighted by Gasteiger charge is -2.31. The number of aromatic amines is 1. The van der Waals surface area contributed by atoms with Crippen molar-refractivity contribution in [2.45, 2.75) is 37.8 Å². The molecule has 2 atom stereocenters. The molecule has 0 bridgehead atoms. The number of ether oxygens (including phenoxy) is 1. The van der Waals surface area contributed by atoms with E-state index in [0.29, 0.717) is 37.4 Å². The fourth-order valence-corrected chi connectivity index (χ4v) is 5.37. The third-order valence-electron chi connectivity index (χ3n) is 5.75. The molecular weight excluding hydrogens is 444 g/mol. The molecule has 0 radical (unpaired) electrons. The summed E-state index contributed by atoms with van der Waals surface area (Å²) < 4.78 is 38.6. The van der Waals surface area contributed by atoms with Gasteiger partial charge >= 0.3 is 0 Å². The minimum Gasteiger partial charge on any atom is -0.494 e. The quantitative estimate of drug-likeness (QED) is 0.519. The maximum Gasteiger partial charge on any atom is 0.276 e. The summed E-state index contributed by atoms with van der Waals surface area (Å²) in [5.74, 6) is 0.581. The summed E-state index contributed by atoms with van der Waals surface area (Å²) in [5, 5.41) is 9.47. The van der Waals surface area contributed by atoms with Crippen molar-refractivity contribution in [3.8, 4) is 17.2 Å². The number of carbonyl (C=O) groups excluding carboxylic acids is 1. The van der Waals surface area contributed by atoms with Crippen LogP contribution in [0, 0.1) is 5.92 Å². The van der Waals surface area contributed by atoms with Gasteiger partial charge < -0.3 is 14.5 Å². The van der Waals surface area contributed by atoms with Gasteiger partial charge in [0.15, 0.2) is 5.76 Å². The lowest BCUT2D eigenvalue weighted by molar-refractivity contribution is -0.126. The van der Waals surface area contributed by atoms with Crippen LogP contribution in [0.25, 0.3) is 11.5 Å². The molecular formula is C23H28N4O5S. The van der Waals surface area contributed by atoms with Gasteiger partial charge in [-0.3, -0.25) is 9.89 Å². The van der Waals surface area contributed by atoms with Crippen LogP contribution in [0.15, 0.2) is 58.2 Å². The van der Waals surface area contributed by atoms with Gasteiger partial charge in [0.25, 0.3) is 10.0 Å². The number of aromatic nitrogens is 2. The van der Waals surface area contributed by atoms with Crippen molar-refractivity contribution in [1.82, 2.24) is 19.8 Å². The van der Waals surface area contributed by atoms with Crippen molar-refractivity contribution in [3.05, 3.63) is 54.2 Å². The first-order valence-corrected chi connectivity index (χ1v) is 12.5. The summed E-state index contributed by atoms with van der Waals surface area (Å²) in [4.78, 5) is 12.9. The van der Waals surface area contributed by atoms with Gasteiger partial charge in [0.05, 0.1) is 18.6 Å². The van der Waals surface area contributed by atoms with E-state index in [1.54, 1.807) is 18.3 Å². The van der Waals surface area contributed by atoms with Crippen molar-refractivity contribution in [1.29, 1.82) is 0 Å². The molecule has 0 aliphatic carbocycles. The fourth-order valence-electron chi connectivity index (χ4n) is 3.93. The van der Waals surface area contributed by atoms with Gasteiger partial charge in [0.2, 0.25) is 11.0 Å². The van der Waals surface area contributed by atoms with E-state index < -0.39 is 15.9 Å². The lowest BCUT2D eigenvalue weighted by atomic mass is 9.98. The summed E-state index contributed by atoms with van der Waals surface area (Å²) in [6.07, 6.45) is 2.79. The molecule has 33 heavy (non-hydrogen) atoms. The normalized spacial score (nSPS) is 18.1. The average molecular weight is 473 g/mol. The molecule has 176 valence electrons. The molecule has 0 unspecified atom stereocenters. The van der Waals surface area contributed by atoms with E-state index in [9.17, 15) is 13.2 Å². The summed E-state index contributed by atoms with van der Waals surface area (Å²) in [6, 6.07) is 12.1. The molecule has 2 aromatic heterocycles. The highest BCUT2D eigenvalue weighted by atomic mass is 32.2. The number of sulfonamides is 1. The van der Waals surface area contributed by atoms with Crippen LogP contribution < -0.4 is 10.1 Å². The SMILES string of the molecule is CCOc1ccc([C@H](C)NC(=O)[C@H]2CCCN(S(=O)(=O)c3ccc(-c4ccn[nH]4)o3)C2)cc1. The molecule has 3 aromatic rings. The average Bonchev–Trinajstić information content (AvgIpc) is 3.52. The summed E-state index contributed by atoms with van der Waals surface area (Å²) >= 11 is 0. The number of furan rings is 1. The Balaban J connectivity index is 1.40. The van der Waals surface area contributed by atoms with Crippen LogP contribution in [0.4, 0.5) is 0 Å². The second-order valence-corrected chi connectivity index (χ2v) is 9.89. The second kappa shape index (κ2) is 9.80. The molecule has 4 rings (SSSR count).